The molecule has 6 nitrogen and oxygen atoms in total. The maximum atomic E-state index is 12.6. The molecule has 0 saturated carbocycles. The van der Waals surface area contributed by atoms with Gasteiger partial charge in [0.2, 0.25) is 5.91 Å². The largest absolute Gasteiger partial charge is 0.361 e. The summed E-state index contributed by atoms with van der Waals surface area (Å²) in [6.07, 6.45) is 2.68. The summed E-state index contributed by atoms with van der Waals surface area (Å²) in [5.41, 5.74) is 3.95. The number of carbonyl (C=O) groups is 1. The van der Waals surface area contributed by atoms with Gasteiger partial charge in [-0.15, -0.1) is 0 Å². The standard InChI is InChI=1S/C24H23ClN4O2S/c1-15-20(23(31)29-24(28-15)32-14-16-5-4-6-18(25)11-16)12-22(30)26-10-9-17-13-27-21-8-3-2-7-19(17)21/h2-8,11,13,27H,9-10,12,14H2,1H3,(H,26,30)(H,28,29,31). The van der Waals surface area contributed by atoms with E-state index in [1.807, 2.05) is 48.7 Å². The molecule has 0 spiro atoms. The summed E-state index contributed by atoms with van der Waals surface area (Å²) in [4.78, 5) is 35.5. The Balaban J connectivity index is 1.33. The van der Waals surface area contributed by atoms with Crippen LogP contribution in [0.25, 0.3) is 10.9 Å². The summed E-state index contributed by atoms with van der Waals surface area (Å²) < 4.78 is 0. The van der Waals surface area contributed by atoms with Gasteiger partial charge in [-0.25, -0.2) is 4.98 Å². The summed E-state index contributed by atoms with van der Waals surface area (Å²) in [6.45, 7) is 2.26. The van der Waals surface area contributed by atoms with Crippen molar-refractivity contribution in [3.8, 4) is 0 Å². The first-order chi connectivity index (χ1) is 15.5. The highest BCUT2D eigenvalue weighted by molar-refractivity contribution is 7.98. The van der Waals surface area contributed by atoms with Gasteiger partial charge >= 0.3 is 0 Å². The number of H-pyrrole nitrogens is 2. The highest BCUT2D eigenvalue weighted by Gasteiger charge is 2.13. The van der Waals surface area contributed by atoms with Gasteiger partial charge in [0, 0.05) is 45.7 Å². The van der Waals surface area contributed by atoms with E-state index < -0.39 is 0 Å². The van der Waals surface area contributed by atoms with Crippen LogP contribution < -0.4 is 10.9 Å². The van der Waals surface area contributed by atoms with Crippen molar-refractivity contribution >= 4 is 40.2 Å². The Morgan fingerprint density at radius 2 is 2.03 bits per heavy atom. The van der Waals surface area contributed by atoms with Gasteiger partial charge in [-0.1, -0.05) is 53.7 Å². The maximum absolute atomic E-state index is 12.6. The summed E-state index contributed by atoms with van der Waals surface area (Å²) in [6, 6.07) is 15.6. The zero-order chi connectivity index (χ0) is 22.5. The molecule has 0 unspecified atom stereocenters. The van der Waals surface area contributed by atoms with Gasteiger partial charge in [0.1, 0.15) is 0 Å². The summed E-state index contributed by atoms with van der Waals surface area (Å²) in [7, 11) is 0. The van der Waals surface area contributed by atoms with Gasteiger partial charge in [-0.05, 0) is 42.7 Å². The fourth-order valence-electron chi connectivity index (χ4n) is 3.54. The van der Waals surface area contributed by atoms with E-state index in [9.17, 15) is 9.59 Å². The Kier molecular flexibility index (Phi) is 6.97. The predicted octanol–water partition coefficient (Wildman–Crippen LogP) is 4.41. The van der Waals surface area contributed by atoms with E-state index in [0.29, 0.717) is 40.2 Å². The number of thioether (sulfide) groups is 1. The van der Waals surface area contributed by atoms with Crippen LogP contribution in [0.15, 0.2) is 64.7 Å². The van der Waals surface area contributed by atoms with Crippen LogP contribution in [0.2, 0.25) is 5.02 Å². The van der Waals surface area contributed by atoms with Crippen LogP contribution in [0.1, 0.15) is 22.4 Å². The number of amides is 1. The Bertz CT molecular complexity index is 1310. The molecule has 0 bridgehead atoms. The van der Waals surface area contributed by atoms with Gasteiger partial charge < -0.3 is 15.3 Å². The molecule has 32 heavy (non-hydrogen) atoms. The average Bonchev–Trinajstić information content (AvgIpc) is 3.18. The zero-order valence-corrected chi connectivity index (χ0v) is 19.1. The third-order valence-electron chi connectivity index (χ3n) is 5.19. The van der Waals surface area contributed by atoms with Crippen molar-refractivity contribution in [1.29, 1.82) is 0 Å². The quantitative estimate of drug-likeness (QED) is 0.265. The number of hydrogen-bond donors (Lipinski definition) is 3. The van der Waals surface area contributed by atoms with Gasteiger partial charge in [-0.3, -0.25) is 9.59 Å². The fraction of sp³-hybridized carbons (Fsp3) is 0.208. The van der Waals surface area contributed by atoms with Gasteiger partial charge in [-0.2, -0.15) is 0 Å². The maximum Gasteiger partial charge on any atom is 0.255 e. The predicted molar refractivity (Wildman–Crippen MR) is 129 cm³/mol. The lowest BCUT2D eigenvalue weighted by molar-refractivity contribution is -0.120. The number of halogens is 1. The molecule has 0 aliphatic rings. The van der Waals surface area contributed by atoms with Crippen molar-refractivity contribution in [2.24, 2.45) is 0 Å². The number of carbonyl (C=O) groups excluding carboxylic acids is 1. The highest BCUT2D eigenvalue weighted by atomic mass is 35.5. The van der Waals surface area contributed by atoms with E-state index in [1.165, 1.54) is 11.8 Å². The van der Waals surface area contributed by atoms with Gasteiger partial charge in [0.15, 0.2) is 5.16 Å². The minimum absolute atomic E-state index is 0.00128. The number of fused-ring (bicyclic) bond motifs is 1. The number of hydrogen-bond acceptors (Lipinski definition) is 4. The van der Waals surface area contributed by atoms with E-state index in [4.69, 9.17) is 11.6 Å². The number of aryl methyl sites for hydroxylation is 1. The number of rotatable bonds is 8. The molecule has 2 aromatic carbocycles. The molecule has 4 rings (SSSR count). The minimum atomic E-state index is -0.280. The van der Waals surface area contributed by atoms with Crippen molar-refractivity contribution < 1.29 is 4.79 Å². The minimum Gasteiger partial charge on any atom is -0.361 e. The number of aromatic amines is 2. The lowest BCUT2D eigenvalue weighted by atomic mass is 10.1. The van der Waals surface area contributed by atoms with Crippen molar-refractivity contribution in [3.63, 3.8) is 0 Å². The molecule has 4 aromatic rings. The van der Waals surface area contributed by atoms with Crippen LogP contribution in [0.4, 0.5) is 0 Å². The van der Waals surface area contributed by atoms with E-state index in [2.05, 4.69) is 26.3 Å². The molecule has 0 aliphatic carbocycles. The summed E-state index contributed by atoms with van der Waals surface area (Å²) in [5, 5.41) is 5.26. The first-order valence-electron chi connectivity index (χ1n) is 10.3. The first kappa shape index (κ1) is 22.2. The Labute approximate surface area is 194 Å². The summed E-state index contributed by atoms with van der Waals surface area (Å²) >= 11 is 7.44. The lowest BCUT2D eigenvalue weighted by Crippen LogP contribution is -2.30. The van der Waals surface area contributed by atoms with E-state index in [-0.39, 0.29) is 17.9 Å². The Morgan fingerprint density at radius 1 is 1.19 bits per heavy atom. The van der Waals surface area contributed by atoms with Crippen molar-refractivity contribution in [2.75, 3.05) is 6.54 Å². The monoisotopic (exact) mass is 466 g/mol. The number of para-hydroxylation sites is 1. The second-order valence-corrected chi connectivity index (χ2v) is 8.89. The molecule has 0 aliphatic heterocycles. The zero-order valence-electron chi connectivity index (χ0n) is 17.6. The number of benzene rings is 2. The smallest absolute Gasteiger partial charge is 0.255 e. The van der Waals surface area contributed by atoms with Crippen LogP contribution >= 0.6 is 23.4 Å². The molecule has 0 fully saturated rings. The SMILES string of the molecule is Cc1nc(SCc2cccc(Cl)c2)[nH]c(=O)c1CC(=O)NCCc1c[nH]c2ccccc12. The molecular formula is C24H23ClN4O2S. The molecule has 1 amide bonds. The van der Waals surface area contributed by atoms with Crippen LogP contribution in [0.3, 0.4) is 0 Å². The highest BCUT2D eigenvalue weighted by Crippen LogP contribution is 2.21. The molecule has 0 saturated heterocycles. The van der Waals surface area contributed by atoms with Crippen LogP contribution in [0.5, 0.6) is 0 Å². The molecule has 0 atom stereocenters. The van der Waals surface area contributed by atoms with Crippen LogP contribution in [0, 0.1) is 6.92 Å². The summed E-state index contributed by atoms with van der Waals surface area (Å²) in [5.74, 6) is 0.441. The molecule has 8 heteroatoms. The number of nitrogens with one attached hydrogen (secondary N) is 3. The fourth-order valence-corrected chi connectivity index (χ4v) is 4.60. The Hall–Kier alpha value is -3.03. The third kappa shape index (κ3) is 5.41. The first-order valence-corrected chi connectivity index (χ1v) is 11.6. The molecule has 2 heterocycles. The van der Waals surface area contributed by atoms with Crippen LogP contribution in [-0.4, -0.2) is 27.4 Å². The van der Waals surface area contributed by atoms with E-state index >= 15 is 0 Å². The molecule has 3 N–H and O–H groups in total. The Morgan fingerprint density at radius 3 is 2.84 bits per heavy atom. The molecular weight excluding hydrogens is 444 g/mol. The van der Waals surface area contributed by atoms with Gasteiger partial charge in [0.05, 0.1) is 6.42 Å². The molecule has 164 valence electrons. The third-order valence-corrected chi connectivity index (χ3v) is 6.37. The van der Waals surface area contributed by atoms with E-state index in [1.54, 1.807) is 6.92 Å². The van der Waals surface area contributed by atoms with Crippen molar-refractivity contribution in [3.05, 3.63) is 92.5 Å². The normalized spacial score (nSPS) is 11.1. The molecule has 2 aromatic heterocycles. The topological polar surface area (TPSA) is 90.6 Å². The van der Waals surface area contributed by atoms with Crippen molar-refractivity contribution in [1.82, 2.24) is 20.3 Å². The number of aromatic nitrogens is 3. The average molecular weight is 467 g/mol. The number of nitrogens with zero attached hydrogens (tertiary/aromatic N) is 1. The van der Waals surface area contributed by atoms with Gasteiger partial charge in [0.25, 0.3) is 5.56 Å². The van der Waals surface area contributed by atoms with Crippen LogP contribution in [-0.2, 0) is 23.4 Å². The second kappa shape index (κ2) is 10.1. The van der Waals surface area contributed by atoms with Crippen molar-refractivity contribution in [2.45, 2.75) is 30.7 Å². The lowest BCUT2D eigenvalue weighted by Gasteiger charge is -2.08. The second-order valence-electron chi connectivity index (χ2n) is 7.49. The molecule has 0 radical (unpaired) electrons. The van der Waals surface area contributed by atoms with E-state index in [0.717, 1.165) is 22.0 Å².